The molecule has 184 valence electrons. The minimum absolute atomic E-state index is 0.0567. The molecule has 1 aliphatic rings. The van der Waals surface area contributed by atoms with Gasteiger partial charge in [0.1, 0.15) is 18.0 Å². The second-order valence-electron chi connectivity index (χ2n) is 10.6. The second-order valence-corrected chi connectivity index (χ2v) is 10.6. The van der Waals surface area contributed by atoms with Crippen LogP contribution in [0.4, 0.5) is 27.5 Å². The van der Waals surface area contributed by atoms with Crippen LogP contribution in [-0.2, 0) is 0 Å². The monoisotopic (exact) mass is 478 g/mol. The van der Waals surface area contributed by atoms with E-state index in [-0.39, 0.29) is 34.7 Å². The molecule has 0 aliphatic carbocycles. The van der Waals surface area contributed by atoms with E-state index in [4.69, 9.17) is 6.57 Å². The van der Waals surface area contributed by atoms with Crippen molar-refractivity contribution in [1.29, 1.82) is 0 Å². The molecule has 1 aromatic carbocycles. The minimum Gasteiger partial charge on any atom is -0.376 e. The highest BCUT2D eigenvalue weighted by Gasteiger charge is 2.38. The smallest absolute Gasteiger partial charge is 0.246 e. The predicted molar refractivity (Wildman–Crippen MR) is 133 cm³/mol. The first-order chi connectivity index (χ1) is 16.5. The number of hydrogen-bond donors (Lipinski definition) is 3. The molecular formula is C24H31FN10. The molecule has 11 heteroatoms. The largest absolute Gasteiger partial charge is 0.376 e. The normalized spacial score (nSPS) is 17.2. The molecule has 3 heterocycles. The number of tetrazole rings is 1. The van der Waals surface area contributed by atoms with E-state index in [2.05, 4.69) is 74.0 Å². The summed E-state index contributed by atoms with van der Waals surface area (Å²) in [5.41, 5.74) is 1.78. The van der Waals surface area contributed by atoms with Crippen LogP contribution in [-0.4, -0.2) is 47.3 Å². The summed E-state index contributed by atoms with van der Waals surface area (Å²) in [5.74, 6) is 0.225. The number of halogens is 1. The lowest BCUT2D eigenvalue weighted by atomic mass is 9.79. The Balaban J connectivity index is 1.64. The van der Waals surface area contributed by atoms with Crippen molar-refractivity contribution in [1.82, 2.24) is 35.5 Å². The van der Waals surface area contributed by atoms with Crippen LogP contribution < -0.4 is 16.0 Å². The molecule has 0 saturated carbocycles. The molecule has 10 nitrogen and oxygen atoms in total. The maximum Gasteiger partial charge on any atom is 0.246 e. The molecule has 2 aromatic heterocycles. The van der Waals surface area contributed by atoms with Gasteiger partial charge in [-0.3, -0.25) is 0 Å². The molecule has 1 saturated heterocycles. The number of rotatable bonds is 6. The van der Waals surface area contributed by atoms with Crippen LogP contribution in [0.2, 0.25) is 0 Å². The van der Waals surface area contributed by atoms with E-state index in [1.807, 2.05) is 13.8 Å². The number of nitrogens with one attached hydrogen (secondary N) is 3. The van der Waals surface area contributed by atoms with Crippen molar-refractivity contribution < 1.29 is 4.39 Å². The Bertz CT molecular complexity index is 1230. The fourth-order valence-electron chi connectivity index (χ4n) is 4.97. The standard InChI is InChI=1S/C24H31FN10/c1-14(2)16-8-17(25)18(9-20(16)35-13-28-33-34-35)30-22-27-12-19(26-7)21(31-22)29-15-10-23(3,4)32-24(5,6)11-15/h8-9,12-15,32H,10-11H2,1-6H3,(H2,27,29,30,31). The van der Waals surface area contributed by atoms with Gasteiger partial charge in [-0.15, -0.1) is 5.10 Å². The van der Waals surface area contributed by atoms with Gasteiger partial charge in [0, 0.05) is 23.3 Å². The lowest BCUT2D eigenvalue weighted by Gasteiger charge is -2.46. The zero-order chi connectivity index (χ0) is 25.4. The van der Waals surface area contributed by atoms with Gasteiger partial charge in [0.15, 0.2) is 0 Å². The zero-order valence-electron chi connectivity index (χ0n) is 20.9. The van der Waals surface area contributed by atoms with Gasteiger partial charge in [-0.1, -0.05) is 13.8 Å². The Morgan fingerprint density at radius 1 is 1.20 bits per heavy atom. The third-order valence-electron chi connectivity index (χ3n) is 6.00. The highest BCUT2D eigenvalue weighted by molar-refractivity contribution is 5.68. The van der Waals surface area contributed by atoms with Crippen molar-refractivity contribution in [3.05, 3.63) is 47.5 Å². The van der Waals surface area contributed by atoms with Crippen molar-refractivity contribution in [3.8, 4) is 5.69 Å². The first kappa shape index (κ1) is 24.5. The van der Waals surface area contributed by atoms with E-state index in [0.29, 0.717) is 17.2 Å². The number of benzene rings is 1. The van der Waals surface area contributed by atoms with Crippen LogP contribution in [0.15, 0.2) is 24.7 Å². The van der Waals surface area contributed by atoms with Crippen molar-refractivity contribution in [3.63, 3.8) is 0 Å². The zero-order valence-corrected chi connectivity index (χ0v) is 20.9. The third-order valence-corrected chi connectivity index (χ3v) is 6.00. The van der Waals surface area contributed by atoms with E-state index in [1.165, 1.54) is 23.3 Å². The number of anilines is 3. The number of aromatic nitrogens is 6. The van der Waals surface area contributed by atoms with Gasteiger partial charge in [-0.25, -0.2) is 23.9 Å². The molecule has 0 spiro atoms. The average Bonchev–Trinajstić information content (AvgIpc) is 3.27. The van der Waals surface area contributed by atoms with Crippen LogP contribution in [0.1, 0.15) is 65.9 Å². The topological polar surface area (TPSA) is 110 Å². The van der Waals surface area contributed by atoms with Crippen molar-refractivity contribution in [2.45, 2.75) is 77.4 Å². The van der Waals surface area contributed by atoms with E-state index >= 15 is 4.39 Å². The Morgan fingerprint density at radius 3 is 2.51 bits per heavy atom. The van der Waals surface area contributed by atoms with Gasteiger partial charge in [0.05, 0.1) is 17.9 Å². The molecule has 0 unspecified atom stereocenters. The van der Waals surface area contributed by atoms with Crippen LogP contribution in [0.25, 0.3) is 10.5 Å². The summed E-state index contributed by atoms with van der Waals surface area (Å²) in [5, 5.41) is 21.4. The Morgan fingerprint density at radius 2 is 1.91 bits per heavy atom. The Labute approximate surface area is 204 Å². The fraction of sp³-hybridized carbons (Fsp3) is 0.500. The van der Waals surface area contributed by atoms with Gasteiger partial charge >= 0.3 is 0 Å². The Kier molecular flexibility index (Phi) is 6.42. The summed E-state index contributed by atoms with van der Waals surface area (Å²) in [7, 11) is 0. The molecule has 3 aromatic rings. The summed E-state index contributed by atoms with van der Waals surface area (Å²) in [6.45, 7) is 20.2. The summed E-state index contributed by atoms with van der Waals surface area (Å²) in [6.07, 6.45) is 4.64. The minimum atomic E-state index is -0.445. The van der Waals surface area contributed by atoms with Crippen LogP contribution in [0.3, 0.4) is 0 Å². The quantitative estimate of drug-likeness (QED) is 0.436. The average molecular weight is 479 g/mol. The van der Waals surface area contributed by atoms with Crippen LogP contribution >= 0.6 is 0 Å². The number of hydrogen-bond acceptors (Lipinski definition) is 8. The SMILES string of the molecule is [C-]#[N+]c1cnc(Nc2cc(-n3cnnn3)c(C(C)C)cc2F)nc1NC1CC(C)(C)NC(C)(C)C1. The van der Waals surface area contributed by atoms with E-state index in [9.17, 15) is 0 Å². The van der Waals surface area contributed by atoms with Crippen LogP contribution in [0, 0.1) is 12.4 Å². The molecule has 0 bridgehead atoms. The van der Waals surface area contributed by atoms with Gasteiger partial charge in [-0.05, 0) is 74.6 Å². The van der Waals surface area contributed by atoms with E-state index in [1.54, 1.807) is 6.07 Å². The summed E-state index contributed by atoms with van der Waals surface area (Å²) < 4.78 is 16.6. The van der Waals surface area contributed by atoms with Crippen LogP contribution in [0.5, 0.6) is 0 Å². The summed E-state index contributed by atoms with van der Waals surface area (Å²) in [6, 6.07) is 3.21. The summed E-state index contributed by atoms with van der Waals surface area (Å²) >= 11 is 0. The lowest BCUT2D eigenvalue weighted by Crippen LogP contribution is -2.60. The molecule has 35 heavy (non-hydrogen) atoms. The van der Waals surface area contributed by atoms with Crippen molar-refractivity contribution >= 4 is 23.1 Å². The molecule has 1 aliphatic heterocycles. The summed E-state index contributed by atoms with van der Waals surface area (Å²) in [4.78, 5) is 12.4. The highest BCUT2D eigenvalue weighted by atomic mass is 19.1. The number of nitrogens with zero attached hydrogens (tertiary/aromatic N) is 7. The molecular weight excluding hydrogens is 447 g/mol. The molecule has 1 fully saturated rings. The van der Waals surface area contributed by atoms with Gasteiger partial charge in [-0.2, -0.15) is 0 Å². The van der Waals surface area contributed by atoms with Crippen molar-refractivity contribution in [2.24, 2.45) is 0 Å². The van der Waals surface area contributed by atoms with E-state index in [0.717, 1.165) is 18.4 Å². The van der Waals surface area contributed by atoms with E-state index < -0.39 is 5.82 Å². The predicted octanol–water partition coefficient (Wildman–Crippen LogP) is 4.73. The van der Waals surface area contributed by atoms with Crippen molar-refractivity contribution in [2.75, 3.05) is 10.6 Å². The van der Waals surface area contributed by atoms with Gasteiger partial charge < -0.3 is 16.0 Å². The first-order valence-electron chi connectivity index (χ1n) is 11.6. The molecule has 4 rings (SSSR count). The fourth-order valence-corrected chi connectivity index (χ4v) is 4.97. The highest BCUT2D eigenvalue weighted by Crippen LogP contribution is 2.34. The first-order valence-corrected chi connectivity index (χ1v) is 11.6. The number of piperidine rings is 1. The second kappa shape index (κ2) is 9.19. The maximum atomic E-state index is 15.1. The third kappa shape index (κ3) is 5.54. The Hall–Kier alpha value is -3.65. The maximum absolute atomic E-state index is 15.1. The van der Waals surface area contributed by atoms with Gasteiger partial charge in [0.25, 0.3) is 0 Å². The molecule has 0 radical (unpaired) electrons. The lowest BCUT2D eigenvalue weighted by molar-refractivity contribution is 0.170. The molecule has 0 atom stereocenters. The van der Waals surface area contributed by atoms with Gasteiger partial charge in [0.2, 0.25) is 11.6 Å². The molecule has 0 amide bonds. The molecule has 3 N–H and O–H groups in total.